The average molecular weight is 357 g/mol. The minimum Gasteiger partial charge on any atom is -0.507 e. The Morgan fingerprint density at radius 1 is 1.27 bits per heavy atom. The van der Waals surface area contributed by atoms with E-state index >= 15 is 0 Å². The van der Waals surface area contributed by atoms with Crippen molar-refractivity contribution < 1.29 is 19.6 Å². The van der Waals surface area contributed by atoms with Crippen LogP contribution in [-0.2, 0) is 15.4 Å². The van der Waals surface area contributed by atoms with Crippen molar-refractivity contribution in [1.82, 2.24) is 0 Å². The first-order chi connectivity index (χ1) is 12.5. The van der Waals surface area contributed by atoms with Crippen LogP contribution in [0.25, 0.3) is 5.57 Å². The third kappa shape index (κ3) is 2.01. The molecule has 4 fully saturated rings. The first-order valence-corrected chi connectivity index (χ1v) is 9.94. The number of hydrogen-bond acceptors (Lipinski definition) is 3. The van der Waals surface area contributed by atoms with Crippen LogP contribution in [0.5, 0.6) is 5.75 Å². The van der Waals surface area contributed by atoms with E-state index in [1.165, 1.54) is 32.1 Å². The Bertz CT molecular complexity index is 753. The molecule has 1 aliphatic heterocycles. The van der Waals surface area contributed by atoms with Crippen molar-refractivity contribution in [3.63, 3.8) is 0 Å². The maximum absolute atomic E-state index is 10.5. The van der Waals surface area contributed by atoms with Gasteiger partial charge in [0.05, 0.1) is 5.56 Å². The molecule has 4 heteroatoms. The SMILES string of the molecule is C=C(C)c1ccc(C2(OC)[OH+]OC23CC2CCC4CC2CC3C4)cc1O. The van der Waals surface area contributed by atoms with E-state index in [-0.39, 0.29) is 11.4 Å². The first-order valence-electron chi connectivity index (χ1n) is 9.94. The van der Waals surface area contributed by atoms with Gasteiger partial charge in [-0.15, -0.1) is 0 Å². The fraction of sp³-hybridized carbons (Fsp3) is 0.636. The van der Waals surface area contributed by atoms with Crippen molar-refractivity contribution in [2.45, 2.75) is 56.8 Å². The van der Waals surface area contributed by atoms with Gasteiger partial charge in [-0.1, -0.05) is 24.0 Å². The van der Waals surface area contributed by atoms with Gasteiger partial charge in [0, 0.05) is 18.6 Å². The van der Waals surface area contributed by atoms with Gasteiger partial charge in [-0.2, -0.15) is 0 Å². The molecule has 1 spiro atoms. The van der Waals surface area contributed by atoms with E-state index in [1.807, 2.05) is 19.1 Å². The maximum atomic E-state index is 10.5. The quantitative estimate of drug-likeness (QED) is 0.649. The number of rotatable bonds is 3. The Labute approximate surface area is 155 Å². The van der Waals surface area contributed by atoms with Crippen molar-refractivity contribution in [3.8, 4) is 5.75 Å². The number of aliphatic hydroxyl groups is 1. The number of phenolic OH excluding ortho intramolecular Hbond substituents is 1. The number of hydrogen-bond donors (Lipinski definition) is 1. The van der Waals surface area contributed by atoms with E-state index in [2.05, 4.69) is 11.5 Å². The van der Waals surface area contributed by atoms with Crippen LogP contribution in [0.15, 0.2) is 24.8 Å². The summed E-state index contributed by atoms with van der Waals surface area (Å²) in [6, 6.07) is 5.75. The molecule has 3 aliphatic carbocycles. The highest BCUT2D eigenvalue weighted by molar-refractivity contribution is 5.67. The van der Waals surface area contributed by atoms with Gasteiger partial charge in [-0.05, 0) is 74.5 Å². The van der Waals surface area contributed by atoms with Crippen LogP contribution in [0.1, 0.15) is 56.6 Å². The van der Waals surface area contributed by atoms with Gasteiger partial charge in [0.1, 0.15) is 5.75 Å². The van der Waals surface area contributed by atoms with Crippen LogP contribution in [0, 0.1) is 23.7 Å². The van der Waals surface area contributed by atoms with Crippen LogP contribution in [0.3, 0.4) is 0 Å². The number of methoxy groups -OCH3 is 1. The number of phenols is 1. The van der Waals surface area contributed by atoms with Crippen LogP contribution >= 0.6 is 0 Å². The second-order valence-corrected chi connectivity index (χ2v) is 9.00. The first kappa shape index (κ1) is 16.8. The van der Waals surface area contributed by atoms with Gasteiger partial charge >= 0.3 is 5.79 Å². The fourth-order valence-corrected chi connectivity index (χ4v) is 6.50. The number of benzene rings is 1. The molecule has 0 aromatic heterocycles. The third-order valence-electron chi connectivity index (χ3n) is 7.73. The van der Waals surface area contributed by atoms with Crippen molar-refractivity contribution in [3.05, 3.63) is 35.9 Å². The molecular weight excluding hydrogens is 328 g/mol. The van der Waals surface area contributed by atoms with Crippen molar-refractivity contribution >= 4 is 5.57 Å². The highest BCUT2D eigenvalue weighted by Gasteiger charge is 2.79. The smallest absolute Gasteiger partial charge is 0.377 e. The van der Waals surface area contributed by atoms with Gasteiger partial charge in [0.2, 0.25) is 0 Å². The van der Waals surface area contributed by atoms with Crippen molar-refractivity contribution in [1.29, 1.82) is 0 Å². The molecule has 5 rings (SSSR count). The molecule has 0 amide bonds. The van der Waals surface area contributed by atoms with Gasteiger partial charge < -0.3 is 9.84 Å². The van der Waals surface area contributed by atoms with Crippen LogP contribution in [-0.4, -0.2) is 22.7 Å². The average Bonchev–Trinajstić information content (AvgIpc) is 2.60. The van der Waals surface area contributed by atoms with E-state index in [0.29, 0.717) is 5.92 Å². The molecule has 140 valence electrons. The largest absolute Gasteiger partial charge is 0.507 e. The molecule has 0 radical (unpaired) electrons. The Morgan fingerprint density at radius 3 is 2.77 bits per heavy atom. The lowest BCUT2D eigenvalue weighted by Gasteiger charge is -2.61. The zero-order chi connectivity index (χ0) is 18.1. The molecule has 1 heterocycles. The monoisotopic (exact) mass is 357 g/mol. The van der Waals surface area contributed by atoms with Gasteiger partial charge in [-0.3, -0.25) is 0 Å². The second kappa shape index (κ2) is 5.57. The number of ether oxygens (including phenoxy) is 1. The molecule has 2 N–H and O–H groups in total. The van der Waals surface area contributed by atoms with Gasteiger partial charge in [0.15, 0.2) is 0 Å². The molecule has 1 saturated heterocycles. The minimum absolute atomic E-state index is 0.238. The summed E-state index contributed by atoms with van der Waals surface area (Å²) in [6.07, 6.45) is 7.57. The Kier molecular flexibility index (Phi) is 3.60. The Hall–Kier alpha value is -1.36. The molecule has 6 unspecified atom stereocenters. The summed E-state index contributed by atoms with van der Waals surface area (Å²) in [4.78, 5) is 10.5. The molecule has 4 nitrogen and oxygen atoms in total. The van der Waals surface area contributed by atoms with E-state index < -0.39 is 5.79 Å². The summed E-state index contributed by atoms with van der Waals surface area (Å²) in [7, 11) is 1.73. The van der Waals surface area contributed by atoms with Crippen LogP contribution in [0.4, 0.5) is 0 Å². The molecule has 3 saturated carbocycles. The predicted octanol–water partition coefficient (Wildman–Crippen LogP) is 4.28. The third-order valence-corrected chi connectivity index (χ3v) is 7.73. The summed E-state index contributed by atoms with van der Waals surface area (Å²) in [5.41, 5.74) is 2.14. The standard InChI is InChI=1S/C22H28O4/c1-13(2)19-7-6-17(11-20(19)23)22(24-3)21(25-26-22)12-15-5-4-14-8-16(15)10-18(21)9-14/h6-7,11,14-16,18,23H,1,4-5,8-10,12H2,2-3H3/p+1. The molecule has 6 atom stereocenters. The lowest BCUT2D eigenvalue weighted by Crippen LogP contribution is -2.74. The van der Waals surface area contributed by atoms with Gasteiger partial charge in [-0.25, -0.2) is 4.89 Å². The van der Waals surface area contributed by atoms with E-state index in [9.17, 15) is 5.11 Å². The predicted molar refractivity (Wildman–Crippen MR) is 99.2 cm³/mol. The Morgan fingerprint density at radius 2 is 2.12 bits per heavy atom. The summed E-state index contributed by atoms with van der Waals surface area (Å²) in [5, 5.41) is 10.5. The lowest BCUT2D eigenvalue weighted by atomic mass is 9.50. The summed E-state index contributed by atoms with van der Waals surface area (Å²) >= 11 is 0. The summed E-state index contributed by atoms with van der Waals surface area (Å²) < 4.78 is 6.08. The van der Waals surface area contributed by atoms with Crippen molar-refractivity contribution in [2.24, 2.45) is 23.7 Å². The molecule has 1 aromatic rings. The van der Waals surface area contributed by atoms with Crippen LogP contribution in [0.2, 0.25) is 0 Å². The maximum Gasteiger partial charge on any atom is 0.377 e. The number of aromatic hydroxyl groups is 1. The van der Waals surface area contributed by atoms with Crippen molar-refractivity contribution in [2.75, 3.05) is 7.11 Å². The lowest BCUT2D eigenvalue weighted by molar-refractivity contribution is -0.716. The molecular formula is C22H29O4+. The molecule has 26 heavy (non-hydrogen) atoms. The zero-order valence-electron chi connectivity index (χ0n) is 15.7. The zero-order valence-corrected chi connectivity index (χ0v) is 15.7. The summed E-state index contributed by atoms with van der Waals surface area (Å²) in [5.74, 6) is 2.34. The second-order valence-electron chi connectivity index (χ2n) is 9.00. The topological polar surface area (TPSA) is 51.5 Å². The molecule has 3 bridgehead atoms. The van der Waals surface area contributed by atoms with E-state index in [1.54, 1.807) is 13.2 Å². The summed E-state index contributed by atoms with van der Waals surface area (Å²) in [6.45, 7) is 5.85. The highest BCUT2D eigenvalue weighted by Crippen LogP contribution is 2.65. The van der Waals surface area contributed by atoms with Crippen LogP contribution < -0.4 is 0 Å². The van der Waals surface area contributed by atoms with E-state index in [0.717, 1.165) is 40.9 Å². The molecule has 1 aromatic carbocycles. The van der Waals surface area contributed by atoms with E-state index in [4.69, 9.17) is 9.62 Å². The number of fused-ring (bicyclic) bond motifs is 3. The fourth-order valence-electron chi connectivity index (χ4n) is 6.50. The Balaban J connectivity index is 1.57. The van der Waals surface area contributed by atoms with Gasteiger partial charge in [0.25, 0.3) is 5.60 Å². The normalized spacial score (nSPS) is 43.3. The molecule has 4 aliphatic rings. The number of allylic oxidation sites excluding steroid dienone is 1. The minimum atomic E-state index is -0.800. The highest BCUT2D eigenvalue weighted by atomic mass is 17.3.